The molecule has 0 aromatic carbocycles. The molecule has 0 aromatic heterocycles. The first-order valence-electron chi connectivity index (χ1n) is 13.0. The summed E-state index contributed by atoms with van der Waals surface area (Å²) in [5, 5.41) is 0. The van der Waals surface area contributed by atoms with Gasteiger partial charge in [-0.25, -0.2) is 4.79 Å². The topological polar surface area (TPSA) is 92.8 Å². The number of hydrogen-bond acceptors (Lipinski definition) is 8. The molecule has 0 aliphatic carbocycles. The van der Waals surface area contributed by atoms with Gasteiger partial charge in [-0.05, 0) is 39.3 Å². The van der Waals surface area contributed by atoms with Gasteiger partial charge in [0.25, 0.3) is 0 Å². The molecule has 3 aliphatic heterocycles. The van der Waals surface area contributed by atoms with Gasteiger partial charge in [0.2, 0.25) is 0 Å². The molecule has 36 heavy (non-hydrogen) atoms. The summed E-state index contributed by atoms with van der Waals surface area (Å²) >= 11 is 0. The molecule has 0 aromatic rings. The van der Waals surface area contributed by atoms with Crippen LogP contribution in [0.15, 0.2) is 0 Å². The summed E-state index contributed by atoms with van der Waals surface area (Å²) in [6.07, 6.45) is -0.524. The van der Waals surface area contributed by atoms with Crippen molar-refractivity contribution >= 4 is 33.4 Å². The van der Waals surface area contributed by atoms with Crippen LogP contribution in [0.5, 0.6) is 0 Å². The van der Waals surface area contributed by atoms with Crippen LogP contribution in [0, 0.1) is 5.41 Å². The number of likely N-dealkylation sites (N-methyl/N-ethyl adjacent to an activating group) is 1. The van der Waals surface area contributed by atoms with Crippen molar-refractivity contribution in [2.45, 2.75) is 112 Å². The molecule has 3 aliphatic rings. The molecule has 0 atom stereocenters. The molecule has 9 nitrogen and oxygen atoms in total. The van der Waals surface area contributed by atoms with E-state index in [1.807, 2.05) is 13.8 Å². The second kappa shape index (κ2) is 13.0. The van der Waals surface area contributed by atoms with E-state index in [9.17, 15) is 9.59 Å². The SMILES string of the molecule is CC(C)B1OC(=O)CN(C)C(=O)O1.CC(C)B1OC(C)(C)C(C)(C)O1.CC(C)B1OCC(C)(C)CO1. The molecule has 3 fully saturated rings. The summed E-state index contributed by atoms with van der Waals surface area (Å²) in [5.41, 5.74) is -0.157. The molecule has 12 heteroatoms. The molecule has 3 rings (SSSR count). The average molecular weight is 511 g/mol. The van der Waals surface area contributed by atoms with Gasteiger partial charge in [-0.1, -0.05) is 55.4 Å². The van der Waals surface area contributed by atoms with Crippen molar-refractivity contribution in [1.82, 2.24) is 4.90 Å². The minimum absolute atomic E-state index is 0.0167. The van der Waals surface area contributed by atoms with Gasteiger partial charge in [-0.2, -0.15) is 0 Å². The molecule has 0 radical (unpaired) electrons. The fourth-order valence-corrected chi connectivity index (χ4v) is 3.16. The number of amides is 1. The van der Waals surface area contributed by atoms with Gasteiger partial charge in [-0.15, -0.1) is 0 Å². The van der Waals surface area contributed by atoms with Crippen LogP contribution >= 0.6 is 0 Å². The van der Waals surface area contributed by atoms with E-state index in [1.165, 1.54) is 11.9 Å². The summed E-state index contributed by atoms with van der Waals surface area (Å²) in [6, 6.07) is 0. The largest absolute Gasteiger partial charge is 0.602 e. The molecule has 3 saturated heterocycles. The van der Waals surface area contributed by atoms with E-state index in [4.69, 9.17) is 27.9 Å². The van der Waals surface area contributed by atoms with Crippen molar-refractivity contribution in [3.8, 4) is 0 Å². The Morgan fingerprint density at radius 1 is 0.694 bits per heavy atom. The van der Waals surface area contributed by atoms with E-state index in [0.29, 0.717) is 11.6 Å². The highest BCUT2D eigenvalue weighted by molar-refractivity contribution is 6.50. The fraction of sp³-hybridized carbons (Fsp3) is 0.917. The van der Waals surface area contributed by atoms with Crippen LogP contribution in [0.1, 0.15) is 83.1 Å². The highest BCUT2D eigenvalue weighted by atomic mass is 16.7. The third-order valence-electron chi connectivity index (χ3n) is 6.32. The molecule has 0 bridgehead atoms. The number of carbonyl (C=O) groups is 2. The predicted octanol–water partition coefficient (Wildman–Crippen LogP) is 4.96. The maximum Gasteiger partial charge on any atom is 0.602 e. The highest BCUT2D eigenvalue weighted by Crippen LogP contribution is 2.39. The zero-order chi connectivity index (χ0) is 28.1. The normalized spacial score (nSPS) is 23.0. The zero-order valence-electron chi connectivity index (χ0n) is 24.8. The van der Waals surface area contributed by atoms with Crippen LogP contribution in [0.2, 0.25) is 17.5 Å². The lowest BCUT2D eigenvalue weighted by Crippen LogP contribution is -2.41. The third kappa shape index (κ3) is 9.91. The Balaban J connectivity index is 0.000000271. The Hall–Kier alpha value is -1.23. The average Bonchev–Trinajstić information content (AvgIpc) is 2.85. The smallest absolute Gasteiger partial charge is 0.498 e. The van der Waals surface area contributed by atoms with E-state index in [0.717, 1.165) is 13.2 Å². The highest BCUT2D eigenvalue weighted by Gasteiger charge is 2.51. The fourth-order valence-electron chi connectivity index (χ4n) is 3.16. The van der Waals surface area contributed by atoms with Crippen molar-refractivity contribution in [2.24, 2.45) is 5.41 Å². The molecule has 0 N–H and O–H groups in total. The van der Waals surface area contributed by atoms with Crippen molar-refractivity contribution < 1.29 is 37.5 Å². The second-order valence-corrected chi connectivity index (χ2v) is 12.6. The van der Waals surface area contributed by atoms with Crippen molar-refractivity contribution in [1.29, 1.82) is 0 Å². The maximum absolute atomic E-state index is 11.1. The molecule has 0 saturated carbocycles. The van der Waals surface area contributed by atoms with E-state index in [2.05, 4.69) is 69.2 Å². The summed E-state index contributed by atoms with van der Waals surface area (Å²) in [4.78, 5) is 23.4. The van der Waals surface area contributed by atoms with E-state index in [-0.39, 0.29) is 43.2 Å². The van der Waals surface area contributed by atoms with E-state index < -0.39 is 19.2 Å². The van der Waals surface area contributed by atoms with Gasteiger partial charge < -0.3 is 32.8 Å². The van der Waals surface area contributed by atoms with Crippen LogP contribution in [-0.4, -0.2) is 76.3 Å². The Bertz CT molecular complexity index is 704. The van der Waals surface area contributed by atoms with Crippen LogP contribution in [0.3, 0.4) is 0 Å². The molecule has 0 spiro atoms. The number of hydrogen-bond donors (Lipinski definition) is 0. The van der Waals surface area contributed by atoms with Gasteiger partial charge in [0.05, 0.1) is 11.2 Å². The molecule has 3 heterocycles. The Kier molecular flexibility index (Phi) is 11.9. The second-order valence-electron chi connectivity index (χ2n) is 12.6. The van der Waals surface area contributed by atoms with Crippen LogP contribution in [0.25, 0.3) is 0 Å². The first-order chi connectivity index (χ1) is 16.3. The molecule has 1 amide bonds. The Labute approximate surface area is 220 Å². The molecule has 206 valence electrons. The lowest BCUT2D eigenvalue weighted by Gasteiger charge is -2.34. The van der Waals surface area contributed by atoms with Gasteiger partial charge in [0.1, 0.15) is 6.54 Å². The standard InChI is InChI=1S/C9H19BO2.C8H17BO2.C7H12BNO4/c1-7(2)10-11-8(3,4)9(5,6)12-10;1-7(2)9-10-5-8(3,4)6-11-9;1-5(2)8-12-6(10)4-9(3)7(11)13-8/h7H,1-6H3;7H,5-6H2,1-4H3;5H,4H2,1-3H3. The van der Waals surface area contributed by atoms with Crippen molar-refractivity contribution in [2.75, 3.05) is 26.8 Å². The Morgan fingerprint density at radius 3 is 1.47 bits per heavy atom. The predicted molar refractivity (Wildman–Crippen MR) is 144 cm³/mol. The van der Waals surface area contributed by atoms with E-state index in [1.54, 1.807) is 0 Å². The number of nitrogens with zero attached hydrogens (tertiary/aromatic N) is 1. The molecule has 0 unspecified atom stereocenters. The first kappa shape index (κ1) is 32.8. The number of rotatable bonds is 3. The monoisotopic (exact) mass is 511 g/mol. The van der Waals surface area contributed by atoms with Crippen LogP contribution in [0.4, 0.5) is 4.79 Å². The quantitative estimate of drug-likeness (QED) is 0.492. The third-order valence-corrected chi connectivity index (χ3v) is 6.32. The van der Waals surface area contributed by atoms with Crippen LogP contribution in [-0.2, 0) is 32.7 Å². The van der Waals surface area contributed by atoms with Crippen LogP contribution < -0.4 is 0 Å². The Morgan fingerprint density at radius 2 is 1.11 bits per heavy atom. The minimum Gasteiger partial charge on any atom is -0.498 e. The zero-order valence-corrected chi connectivity index (χ0v) is 24.8. The van der Waals surface area contributed by atoms with Crippen molar-refractivity contribution in [3.05, 3.63) is 0 Å². The lowest BCUT2D eigenvalue weighted by atomic mass is 9.72. The van der Waals surface area contributed by atoms with Gasteiger partial charge in [0, 0.05) is 31.5 Å². The summed E-state index contributed by atoms with van der Waals surface area (Å²) < 4.78 is 32.5. The first-order valence-corrected chi connectivity index (χ1v) is 13.0. The summed E-state index contributed by atoms with van der Waals surface area (Å²) in [6.45, 7) is 26.3. The van der Waals surface area contributed by atoms with E-state index >= 15 is 0 Å². The summed E-state index contributed by atoms with van der Waals surface area (Å²) in [7, 11) is 0.703. The van der Waals surface area contributed by atoms with Gasteiger partial charge >= 0.3 is 33.4 Å². The minimum atomic E-state index is -0.759. The lowest BCUT2D eigenvalue weighted by molar-refractivity contribution is -0.135. The molecular formula is C24H48B3NO8. The summed E-state index contributed by atoms with van der Waals surface area (Å²) in [5.74, 6) is 0.420. The maximum atomic E-state index is 11.1. The van der Waals surface area contributed by atoms with Crippen molar-refractivity contribution in [3.63, 3.8) is 0 Å². The number of carbonyl (C=O) groups excluding carboxylic acids is 2. The molecular weight excluding hydrogens is 463 g/mol. The van der Waals surface area contributed by atoms with Gasteiger partial charge in [-0.3, -0.25) is 4.79 Å². The van der Waals surface area contributed by atoms with Gasteiger partial charge in [0.15, 0.2) is 0 Å².